The smallest absolute Gasteiger partial charge is 0.410 e. The maximum atomic E-state index is 12.1. The van der Waals surface area contributed by atoms with Crippen LogP contribution in [0.3, 0.4) is 0 Å². The summed E-state index contributed by atoms with van der Waals surface area (Å²) >= 11 is 0. The van der Waals surface area contributed by atoms with E-state index in [1.54, 1.807) is 4.90 Å². The first-order chi connectivity index (χ1) is 8.84. The molecule has 2 heterocycles. The summed E-state index contributed by atoms with van der Waals surface area (Å²) in [6.07, 6.45) is 2.30. The van der Waals surface area contributed by atoms with Gasteiger partial charge in [0.15, 0.2) is 0 Å². The van der Waals surface area contributed by atoms with Crippen LogP contribution in [0, 0.1) is 16.7 Å². The quantitative estimate of drug-likeness (QED) is 0.719. The zero-order valence-electron chi connectivity index (χ0n) is 11.9. The summed E-state index contributed by atoms with van der Waals surface area (Å²) in [5.41, 5.74) is -0.959. The summed E-state index contributed by atoms with van der Waals surface area (Å²) in [5.74, 6) is 0. The van der Waals surface area contributed by atoms with Crippen LogP contribution in [-0.2, 0) is 9.47 Å². The number of piperidine rings is 1. The van der Waals surface area contributed by atoms with Gasteiger partial charge in [-0.3, -0.25) is 0 Å². The summed E-state index contributed by atoms with van der Waals surface area (Å²) in [6.45, 7) is 7.43. The van der Waals surface area contributed by atoms with Gasteiger partial charge in [-0.2, -0.15) is 5.26 Å². The minimum Gasteiger partial charge on any atom is -0.444 e. The highest BCUT2D eigenvalue weighted by Crippen LogP contribution is 2.37. The van der Waals surface area contributed by atoms with Crippen LogP contribution < -0.4 is 0 Å². The second kappa shape index (κ2) is 5.01. The van der Waals surface area contributed by atoms with Crippen molar-refractivity contribution in [2.75, 3.05) is 19.7 Å². The molecule has 0 N–H and O–H groups in total. The number of amides is 1. The van der Waals surface area contributed by atoms with Gasteiger partial charge in [0.2, 0.25) is 0 Å². The number of ether oxygens (including phenoxy) is 2. The maximum absolute atomic E-state index is 12.1. The minimum absolute atomic E-state index is 0.207. The number of likely N-dealkylation sites (tertiary alicyclic amines) is 1. The molecular formula is C14H22N2O3. The predicted molar refractivity (Wildman–Crippen MR) is 69.4 cm³/mol. The predicted octanol–water partition coefficient (Wildman–Crippen LogP) is 2.32. The first kappa shape index (κ1) is 14.1. The third-order valence-corrected chi connectivity index (χ3v) is 3.49. The van der Waals surface area contributed by atoms with Gasteiger partial charge in [-0.1, -0.05) is 0 Å². The lowest BCUT2D eigenvalue weighted by Gasteiger charge is -2.38. The molecule has 0 saturated carbocycles. The van der Waals surface area contributed by atoms with Gasteiger partial charge in [0, 0.05) is 13.1 Å². The van der Waals surface area contributed by atoms with Crippen LogP contribution in [0.1, 0.15) is 40.0 Å². The molecule has 5 heteroatoms. The zero-order chi connectivity index (χ0) is 14.1. The van der Waals surface area contributed by atoms with E-state index in [9.17, 15) is 10.1 Å². The van der Waals surface area contributed by atoms with E-state index < -0.39 is 11.0 Å². The average molecular weight is 266 g/mol. The highest BCUT2D eigenvalue weighted by Gasteiger charge is 2.43. The fraction of sp³-hybridized carbons (Fsp3) is 0.857. The fourth-order valence-electron chi connectivity index (χ4n) is 2.54. The van der Waals surface area contributed by atoms with E-state index in [0.717, 1.165) is 25.9 Å². The third kappa shape index (κ3) is 3.84. The molecule has 2 rings (SSSR count). The molecule has 0 aromatic carbocycles. The molecule has 0 aromatic rings. The zero-order valence-corrected chi connectivity index (χ0v) is 11.9. The van der Waals surface area contributed by atoms with E-state index in [1.807, 2.05) is 20.8 Å². The molecular weight excluding hydrogens is 244 g/mol. The molecule has 2 aliphatic heterocycles. The number of nitrogens with zero attached hydrogens (tertiary/aromatic N) is 2. The molecule has 2 aliphatic rings. The molecule has 0 aliphatic carbocycles. The molecule has 0 spiro atoms. The van der Waals surface area contributed by atoms with Crippen molar-refractivity contribution in [3.05, 3.63) is 0 Å². The lowest BCUT2D eigenvalue weighted by atomic mass is 9.77. The fourth-order valence-corrected chi connectivity index (χ4v) is 2.54. The van der Waals surface area contributed by atoms with Crippen LogP contribution in [-0.4, -0.2) is 42.4 Å². The van der Waals surface area contributed by atoms with Gasteiger partial charge in [-0.25, -0.2) is 4.79 Å². The standard InChI is InChI=1S/C14H22N2O3/c1-13(2,3)19-12(17)16-6-4-5-14(9-15,10-16)7-11-8-18-11/h11H,4-8,10H2,1-3H3/t11-,14-/m1/s1. The van der Waals surface area contributed by atoms with E-state index in [4.69, 9.17) is 9.47 Å². The summed E-state index contributed by atoms with van der Waals surface area (Å²) < 4.78 is 10.6. The molecule has 2 fully saturated rings. The van der Waals surface area contributed by atoms with Crippen molar-refractivity contribution in [1.29, 1.82) is 5.26 Å². The van der Waals surface area contributed by atoms with E-state index in [2.05, 4.69) is 6.07 Å². The van der Waals surface area contributed by atoms with Gasteiger partial charge in [0.25, 0.3) is 0 Å². The van der Waals surface area contributed by atoms with Gasteiger partial charge in [0.1, 0.15) is 5.60 Å². The Bertz CT molecular complexity index is 392. The summed E-state index contributed by atoms with van der Waals surface area (Å²) in [7, 11) is 0. The molecule has 1 amide bonds. The number of hydrogen-bond donors (Lipinski definition) is 0. The Labute approximate surface area is 114 Å². The topological polar surface area (TPSA) is 65.9 Å². The molecule has 5 nitrogen and oxygen atoms in total. The minimum atomic E-state index is -0.497. The number of rotatable bonds is 2. The van der Waals surface area contributed by atoms with Crippen molar-refractivity contribution in [3.63, 3.8) is 0 Å². The Kier molecular flexibility index (Phi) is 3.73. The highest BCUT2D eigenvalue weighted by molar-refractivity contribution is 5.68. The number of epoxide rings is 1. The number of hydrogen-bond acceptors (Lipinski definition) is 4. The van der Waals surface area contributed by atoms with E-state index in [0.29, 0.717) is 13.1 Å². The Morgan fingerprint density at radius 2 is 2.26 bits per heavy atom. The first-order valence-electron chi connectivity index (χ1n) is 6.84. The van der Waals surface area contributed by atoms with E-state index in [1.165, 1.54) is 0 Å². The van der Waals surface area contributed by atoms with Crippen LogP contribution in [0.2, 0.25) is 0 Å². The molecule has 106 valence electrons. The SMILES string of the molecule is CC(C)(C)OC(=O)N1CCC[C@](C#N)(C[C@@H]2CO2)C1. The molecule has 0 radical (unpaired) electrons. The van der Waals surface area contributed by atoms with Crippen molar-refractivity contribution in [2.45, 2.75) is 51.7 Å². The Balaban J connectivity index is 1.99. The largest absolute Gasteiger partial charge is 0.444 e. The summed E-state index contributed by atoms with van der Waals surface area (Å²) in [6, 6.07) is 2.41. The molecule has 0 unspecified atom stereocenters. The van der Waals surface area contributed by atoms with E-state index in [-0.39, 0.29) is 12.2 Å². The lowest BCUT2D eigenvalue weighted by Crippen LogP contribution is -2.47. The molecule has 2 saturated heterocycles. The van der Waals surface area contributed by atoms with E-state index >= 15 is 0 Å². The second-order valence-corrected chi connectivity index (χ2v) is 6.56. The monoisotopic (exact) mass is 266 g/mol. The van der Waals surface area contributed by atoms with Crippen molar-refractivity contribution >= 4 is 6.09 Å². The first-order valence-corrected chi connectivity index (χ1v) is 6.84. The number of carbonyl (C=O) groups excluding carboxylic acids is 1. The number of carbonyl (C=O) groups is 1. The van der Waals surface area contributed by atoms with Gasteiger partial charge in [-0.05, 0) is 40.0 Å². The van der Waals surface area contributed by atoms with Crippen molar-refractivity contribution in [3.8, 4) is 6.07 Å². The Hall–Kier alpha value is -1.28. The Morgan fingerprint density at radius 3 is 2.79 bits per heavy atom. The van der Waals surface area contributed by atoms with Crippen LogP contribution in [0.15, 0.2) is 0 Å². The van der Waals surface area contributed by atoms with Gasteiger partial charge < -0.3 is 14.4 Å². The third-order valence-electron chi connectivity index (χ3n) is 3.49. The molecule has 19 heavy (non-hydrogen) atoms. The molecule has 0 bridgehead atoms. The summed E-state index contributed by atoms with van der Waals surface area (Å²) in [4.78, 5) is 13.7. The van der Waals surface area contributed by atoms with Crippen LogP contribution in [0.4, 0.5) is 4.79 Å². The van der Waals surface area contributed by atoms with Crippen molar-refractivity contribution in [2.24, 2.45) is 5.41 Å². The maximum Gasteiger partial charge on any atom is 0.410 e. The molecule has 2 atom stereocenters. The van der Waals surface area contributed by atoms with Crippen molar-refractivity contribution < 1.29 is 14.3 Å². The van der Waals surface area contributed by atoms with Gasteiger partial charge in [-0.15, -0.1) is 0 Å². The van der Waals surface area contributed by atoms with Gasteiger partial charge >= 0.3 is 6.09 Å². The van der Waals surface area contributed by atoms with Crippen molar-refractivity contribution in [1.82, 2.24) is 4.90 Å². The number of nitriles is 1. The normalized spacial score (nSPS) is 30.6. The Morgan fingerprint density at radius 1 is 1.58 bits per heavy atom. The van der Waals surface area contributed by atoms with Crippen LogP contribution >= 0.6 is 0 Å². The van der Waals surface area contributed by atoms with Crippen LogP contribution in [0.5, 0.6) is 0 Å². The highest BCUT2D eigenvalue weighted by atomic mass is 16.6. The molecule has 0 aromatic heterocycles. The average Bonchev–Trinajstić information content (AvgIpc) is 3.11. The van der Waals surface area contributed by atoms with Gasteiger partial charge in [0.05, 0.1) is 24.2 Å². The second-order valence-electron chi connectivity index (χ2n) is 6.56. The summed E-state index contributed by atoms with van der Waals surface area (Å²) in [5, 5.41) is 9.47. The lowest BCUT2D eigenvalue weighted by molar-refractivity contribution is 0.00952. The van der Waals surface area contributed by atoms with Crippen LogP contribution in [0.25, 0.3) is 0 Å².